The van der Waals surface area contributed by atoms with Crippen LogP contribution in [0, 0.1) is 6.92 Å². The molecule has 0 spiro atoms. The molecule has 0 atom stereocenters. The lowest BCUT2D eigenvalue weighted by molar-refractivity contribution is 0.0600. The Labute approximate surface area is 166 Å². The second-order valence-electron chi connectivity index (χ2n) is 6.97. The quantitative estimate of drug-likeness (QED) is 0.806. The maximum atomic E-state index is 12.8. The summed E-state index contributed by atoms with van der Waals surface area (Å²) in [7, 11) is 1.35. The number of aryl methyl sites for hydroxylation is 1. The molecule has 1 heterocycles. The van der Waals surface area contributed by atoms with Crippen LogP contribution in [0.4, 0.5) is 11.4 Å². The van der Waals surface area contributed by atoms with E-state index in [2.05, 4.69) is 22.0 Å². The van der Waals surface area contributed by atoms with Gasteiger partial charge in [-0.2, -0.15) is 0 Å². The van der Waals surface area contributed by atoms with Gasteiger partial charge in [0, 0.05) is 31.7 Å². The Morgan fingerprint density at radius 2 is 1.79 bits per heavy atom. The van der Waals surface area contributed by atoms with Crippen LogP contribution in [0.3, 0.4) is 0 Å². The number of methoxy groups -OCH3 is 1. The van der Waals surface area contributed by atoms with E-state index in [0.717, 1.165) is 44.0 Å². The Balaban J connectivity index is 1.89. The number of rotatable bonds is 5. The fourth-order valence-corrected chi connectivity index (χ4v) is 3.44. The Hall–Kier alpha value is -2.86. The number of benzene rings is 2. The fraction of sp³-hybridized carbons (Fsp3) is 0.364. The first kappa shape index (κ1) is 19.9. The number of hydrogen-bond acceptors (Lipinski definition) is 5. The molecular weight excluding hydrogens is 354 g/mol. The highest BCUT2D eigenvalue weighted by Gasteiger charge is 2.21. The molecule has 0 unspecified atom stereocenters. The van der Waals surface area contributed by atoms with Gasteiger partial charge in [0.1, 0.15) is 0 Å². The molecule has 0 radical (unpaired) electrons. The second-order valence-corrected chi connectivity index (χ2v) is 6.97. The zero-order valence-corrected chi connectivity index (χ0v) is 16.7. The van der Waals surface area contributed by atoms with E-state index >= 15 is 0 Å². The van der Waals surface area contributed by atoms with Crippen molar-refractivity contribution < 1.29 is 14.3 Å². The van der Waals surface area contributed by atoms with E-state index in [1.807, 2.05) is 31.2 Å². The maximum absolute atomic E-state index is 12.8. The molecule has 1 fully saturated rings. The summed E-state index contributed by atoms with van der Waals surface area (Å²) in [4.78, 5) is 29.4. The van der Waals surface area contributed by atoms with Crippen molar-refractivity contribution in [3.05, 3.63) is 59.2 Å². The minimum absolute atomic E-state index is 0.195. The van der Waals surface area contributed by atoms with Gasteiger partial charge in [0.25, 0.3) is 5.91 Å². The van der Waals surface area contributed by atoms with Crippen molar-refractivity contribution in [1.82, 2.24) is 4.90 Å². The first-order chi connectivity index (χ1) is 13.5. The van der Waals surface area contributed by atoms with Gasteiger partial charge in [0.15, 0.2) is 0 Å². The maximum Gasteiger partial charge on any atom is 0.337 e. The number of esters is 1. The average Bonchev–Trinajstić information content (AvgIpc) is 2.73. The minimum atomic E-state index is -0.423. The molecule has 1 aliphatic rings. The molecule has 2 aromatic carbocycles. The fourth-order valence-electron chi connectivity index (χ4n) is 3.44. The number of likely N-dealkylation sites (N-methyl/N-ethyl adjacent to an activating group) is 1. The Morgan fingerprint density at radius 1 is 1.04 bits per heavy atom. The van der Waals surface area contributed by atoms with Gasteiger partial charge in [-0.05, 0) is 43.8 Å². The van der Waals surface area contributed by atoms with Crippen LogP contribution in [-0.4, -0.2) is 56.6 Å². The third kappa shape index (κ3) is 4.51. The lowest BCUT2D eigenvalue weighted by Crippen LogP contribution is -2.46. The molecule has 0 aliphatic carbocycles. The summed E-state index contributed by atoms with van der Waals surface area (Å²) in [6.45, 7) is 8.84. The summed E-state index contributed by atoms with van der Waals surface area (Å²) < 4.78 is 4.84. The van der Waals surface area contributed by atoms with Crippen molar-refractivity contribution in [1.29, 1.82) is 0 Å². The smallest absolute Gasteiger partial charge is 0.337 e. The number of amides is 1. The van der Waals surface area contributed by atoms with Gasteiger partial charge in [-0.1, -0.05) is 24.6 Å². The minimum Gasteiger partial charge on any atom is -0.465 e. The van der Waals surface area contributed by atoms with Gasteiger partial charge in [-0.25, -0.2) is 4.79 Å². The molecule has 148 valence electrons. The predicted octanol–water partition coefficient (Wildman–Crippen LogP) is 3.18. The predicted molar refractivity (Wildman–Crippen MR) is 111 cm³/mol. The first-order valence-electron chi connectivity index (χ1n) is 9.59. The normalized spacial score (nSPS) is 14.6. The van der Waals surface area contributed by atoms with Crippen LogP contribution in [0.5, 0.6) is 0 Å². The van der Waals surface area contributed by atoms with Crippen molar-refractivity contribution in [2.75, 3.05) is 50.1 Å². The number of anilines is 2. The molecule has 1 aliphatic heterocycles. The van der Waals surface area contributed by atoms with Gasteiger partial charge in [0.05, 0.1) is 24.0 Å². The largest absolute Gasteiger partial charge is 0.465 e. The van der Waals surface area contributed by atoms with Crippen molar-refractivity contribution in [3.8, 4) is 0 Å². The molecule has 1 N–H and O–H groups in total. The van der Waals surface area contributed by atoms with Crippen molar-refractivity contribution in [2.24, 2.45) is 0 Å². The van der Waals surface area contributed by atoms with Crippen LogP contribution in [0.1, 0.15) is 33.2 Å². The summed E-state index contributed by atoms with van der Waals surface area (Å²) >= 11 is 0. The zero-order chi connectivity index (χ0) is 20.1. The van der Waals surface area contributed by atoms with Crippen LogP contribution in [0.2, 0.25) is 0 Å². The Kier molecular flexibility index (Phi) is 6.31. The third-order valence-corrected chi connectivity index (χ3v) is 5.11. The molecule has 0 saturated carbocycles. The Morgan fingerprint density at radius 3 is 2.43 bits per heavy atom. The number of carbonyl (C=O) groups is 2. The van der Waals surface area contributed by atoms with Gasteiger partial charge >= 0.3 is 5.97 Å². The monoisotopic (exact) mass is 381 g/mol. The van der Waals surface area contributed by atoms with E-state index < -0.39 is 5.97 Å². The van der Waals surface area contributed by atoms with E-state index in [4.69, 9.17) is 4.74 Å². The molecule has 0 bridgehead atoms. The molecule has 6 heteroatoms. The standard InChI is InChI=1S/C22H27N3O3/c1-4-24-10-12-25(13-11-24)20-9-8-18(22(27)28-3)15-19(20)23-21(26)17-7-5-6-16(2)14-17/h5-9,14-15H,4,10-13H2,1-3H3,(H,23,26). The van der Waals surface area contributed by atoms with Crippen LogP contribution in [0.25, 0.3) is 0 Å². The number of carbonyl (C=O) groups excluding carboxylic acids is 2. The molecular formula is C22H27N3O3. The van der Waals surface area contributed by atoms with E-state index in [0.29, 0.717) is 16.8 Å². The number of piperazine rings is 1. The molecule has 28 heavy (non-hydrogen) atoms. The topological polar surface area (TPSA) is 61.9 Å². The molecule has 6 nitrogen and oxygen atoms in total. The number of hydrogen-bond donors (Lipinski definition) is 1. The number of ether oxygens (including phenoxy) is 1. The lowest BCUT2D eigenvalue weighted by Gasteiger charge is -2.36. The lowest BCUT2D eigenvalue weighted by atomic mass is 10.1. The second kappa shape index (κ2) is 8.89. The van der Waals surface area contributed by atoms with Gasteiger partial charge in [-0.3, -0.25) is 4.79 Å². The third-order valence-electron chi connectivity index (χ3n) is 5.11. The van der Waals surface area contributed by atoms with Crippen molar-refractivity contribution in [2.45, 2.75) is 13.8 Å². The highest BCUT2D eigenvalue weighted by Crippen LogP contribution is 2.29. The van der Waals surface area contributed by atoms with E-state index in [1.54, 1.807) is 18.2 Å². The highest BCUT2D eigenvalue weighted by molar-refractivity contribution is 6.07. The van der Waals surface area contributed by atoms with Crippen molar-refractivity contribution in [3.63, 3.8) is 0 Å². The van der Waals surface area contributed by atoms with E-state index in [-0.39, 0.29) is 5.91 Å². The summed E-state index contributed by atoms with van der Waals surface area (Å²) in [5, 5.41) is 2.99. The van der Waals surface area contributed by atoms with Crippen LogP contribution in [0.15, 0.2) is 42.5 Å². The molecule has 1 amide bonds. The summed E-state index contributed by atoms with van der Waals surface area (Å²) in [5.41, 5.74) is 3.57. The van der Waals surface area contributed by atoms with Gasteiger partial charge in [-0.15, -0.1) is 0 Å². The summed E-state index contributed by atoms with van der Waals surface area (Å²) in [5.74, 6) is -0.618. The van der Waals surface area contributed by atoms with Gasteiger partial charge in [0.2, 0.25) is 0 Å². The molecule has 3 rings (SSSR count). The average molecular weight is 381 g/mol. The zero-order valence-electron chi connectivity index (χ0n) is 16.7. The van der Waals surface area contributed by atoms with E-state index in [9.17, 15) is 9.59 Å². The Bertz CT molecular complexity index is 858. The molecule has 0 aromatic heterocycles. The van der Waals surface area contributed by atoms with Gasteiger partial charge < -0.3 is 19.9 Å². The SMILES string of the molecule is CCN1CCN(c2ccc(C(=O)OC)cc2NC(=O)c2cccc(C)c2)CC1. The summed E-state index contributed by atoms with van der Waals surface area (Å²) in [6.07, 6.45) is 0. The van der Waals surface area contributed by atoms with Crippen LogP contribution in [-0.2, 0) is 4.74 Å². The summed E-state index contributed by atoms with van der Waals surface area (Å²) in [6, 6.07) is 12.8. The van der Waals surface area contributed by atoms with Crippen LogP contribution < -0.4 is 10.2 Å². The van der Waals surface area contributed by atoms with Crippen molar-refractivity contribution >= 4 is 23.3 Å². The number of nitrogens with zero attached hydrogens (tertiary/aromatic N) is 2. The highest BCUT2D eigenvalue weighted by atomic mass is 16.5. The molecule has 2 aromatic rings. The van der Waals surface area contributed by atoms with Crippen LogP contribution >= 0.6 is 0 Å². The number of nitrogens with one attached hydrogen (secondary N) is 1. The first-order valence-corrected chi connectivity index (χ1v) is 9.59. The molecule has 1 saturated heterocycles. The van der Waals surface area contributed by atoms with E-state index in [1.165, 1.54) is 7.11 Å².